The van der Waals surface area contributed by atoms with Gasteiger partial charge in [-0.15, -0.1) is 11.8 Å². The quantitative estimate of drug-likeness (QED) is 0.793. The molecule has 1 amide bonds. The zero-order valence-electron chi connectivity index (χ0n) is 12.3. The van der Waals surface area contributed by atoms with Crippen molar-refractivity contribution in [2.75, 3.05) is 24.8 Å². The van der Waals surface area contributed by atoms with Crippen molar-refractivity contribution in [1.82, 2.24) is 4.90 Å². The van der Waals surface area contributed by atoms with Crippen molar-refractivity contribution in [3.63, 3.8) is 0 Å². The Labute approximate surface area is 134 Å². The lowest BCUT2D eigenvalue weighted by atomic mass is 10.2. The molecule has 1 aromatic rings. The summed E-state index contributed by atoms with van der Waals surface area (Å²) in [6.45, 7) is 1.02. The molecule has 2 aliphatic rings. The zero-order valence-corrected chi connectivity index (χ0v) is 13.1. The summed E-state index contributed by atoms with van der Waals surface area (Å²) in [6.07, 6.45) is 1.95. The van der Waals surface area contributed by atoms with Crippen molar-refractivity contribution in [3.8, 4) is 0 Å². The highest BCUT2D eigenvalue weighted by Gasteiger charge is 2.36. The van der Waals surface area contributed by atoms with Crippen molar-refractivity contribution in [1.29, 1.82) is 0 Å². The molecule has 2 unspecified atom stereocenters. The van der Waals surface area contributed by atoms with Gasteiger partial charge in [0.1, 0.15) is 12.6 Å². The van der Waals surface area contributed by atoms with Crippen molar-refractivity contribution < 1.29 is 19.1 Å². The topological polar surface area (TPSA) is 55.8 Å². The molecule has 0 spiro atoms. The molecule has 3 rings (SSSR count). The first-order valence-corrected chi connectivity index (χ1v) is 8.63. The van der Waals surface area contributed by atoms with Crippen molar-refractivity contribution in [2.24, 2.45) is 0 Å². The van der Waals surface area contributed by atoms with Crippen molar-refractivity contribution >= 4 is 23.6 Å². The van der Waals surface area contributed by atoms with Gasteiger partial charge in [-0.1, -0.05) is 18.2 Å². The number of amides is 1. The van der Waals surface area contributed by atoms with Crippen molar-refractivity contribution in [2.45, 2.75) is 25.0 Å². The van der Waals surface area contributed by atoms with E-state index in [0.717, 1.165) is 19.4 Å². The molecule has 2 saturated heterocycles. The smallest absolute Gasteiger partial charge is 0.329 e. The van der Waals surface area contributed by atoms with E-state index >= 15 is 0 Å². The van der Waals surface area contributed by atoms with E-state index in [9.17, 15) is 9.59 Å². The second kappa shape index (κ2) is 7.15. The number of thioether (sulfide) groups is 1. The standard InChI is InChI=1S/C16H19NO4S/c18-15(12-5-2-1-3-6-12)17-11-22-10-14(17)16(19)21-9-13-7-4-8-20-13/h1-3,5-6,13-14H,4,7-11H2. The van der Waals surface area contributed by atoms with Crippen LogP contribution in [0.1, 0.15) is 23.2 Å². The number of hydrogen-bond acceptors (Lipinski definition) is 5. The molecule has 1 aromatic carbocycles. The summed E-state index contributed by atoms with van der Waals surface area (Å²) in [7, 11) is 0. The molecule has 0 N–H and O–H groups in total. The zero-order chi connectivity index (χ0) is 15.4. The normalized spacial score (nSPS) is 24.5. The highest BCUT2D eigenvalue weighted by atomic mass is 32.2. The Morgan fingerprint density at radius 3 is 2.86 bits per heavy atom. The number of ether oxygens (including phenoxy) is 2. The molecule has 2 atom stereocenters. The molecule has 118 valence electrons. The van der Waals surface area contributed by atoms with Crippen LogP contribution in [-0.2, 0) is 14.3 Å². The predicted octanol–water partition coefficient (Wildman–Crippen LogP) is 1.92. The van der Waals surface area contributed by atoms with Gasteiger partial charge in [0.2, 0.25) is 0 Å². The Morgan fingerprint density at radius 2 is 2.14 bits per heavy atom. The van der Waals surface area contributed by atoms with Crippen LogP contribution in [0.5, 0.6) is 0 Å². The molecule has 0 aromatic heterocycles. The van der Waals surface area contributed by atoms with Crippen LogP contribution in [0.4, 0.5) is 0 Å². The lowest BCUT2D eigenvalue weighted by molar-refractivity contribution is -0.150. The fraction of sp³-hybridized carbons (Fsp3) is 0.500. The SMILES string of the molecule is O=C(OCC1CCCO1)C1CSCN1C(=O)c1ccccc1. The number of hydrogen-bond donors (Lipinski definition) is 0. The molecule has 2 aliphatic heterocycles. The maximum Gasteiger partial charge on any atom is 0.329 e. The molecule has 0 aliphatic carbocycles. The summed E-state index contributed by atoms with van der Waals surface area (Å²) in [6, 6.07) is 8.53. The van der Waals surface area contributed by atoms with Crippen LogP contribution >= 0.6 is 11.8 Å². The molecule has 2 heterocycles. The average Bonchev–Trinajstić information content (AvgIpc) is 3.24. The van der Waals surface area contributed by atoms with E-state index in [1.165, 1.54) is 0 Å². The predicted molar refractivity (Wildman–Crippen MR) is 83.7 cm³/mol. The van der Waals surface area contributed by atoms with Gasteiger partial charge < -0.3 is 14.4 Å². The first-order valence-electron chi connectivity index (χ1n) is 7.47. The molecule has 0 bridgehead atoms. The third-order valence-electron chi connectivity index (χ3n) is 3.87. The molecular formula is C16H19NO4S. The Kier molecular flexibility index (Phi) is 5.00. The first kappa shape index (κ1) is 15.4. The minimum absolute atomic E-state index is 0.0104. The van der Waals surface area contributed by atoms with E-state index < -0.39 is 6.04 Å². The van der Waals surface area contributed by atoms with Gasteiger partial charge in [0.25, 0.3) is 5.91 Å². The summed E-state index contributed by atoms with van der Waals surface area (Å²) in [4.78, 5) is 26.4. The average molecular weight is 321 g/mol. The Bertz CT molecular complexity index is 530. The molecule has 22 heavy (non-hydrogen) atoms. The number of carbonyl (C=O) groups is 2. The molecule has 0 radical (unpaired) electrons. The number of benzene rings is 1. The molecule has 5 nitrogen and oxygen atoms in total. The van der Waals surface area contributed by atoms with Crippen LogP contribution in [0.25, 0.3) is 0 Å². The van der Waals surface area contributed by atoms with Gasteiger partial charge in [0.05, 0.1) is 12.0 Å². The number of esters is 1. The fourth-order valence-electron chi connectivity index (χ4n) is 2.63. The Morgan fingerprint density at radius 1 is 1.32 bits per heavy atom. The van der Waals surface area contributed by atoms with Gasteiger partial charge in [-0.05, 0) is 25.0 Å². The lowest BCUT2D eigenvalue weighted by Gasteiger charge is -2.23. The Balaban J connectivity index is 1.60. The monoisotopic (exact) mass is 321 g/mol. The van der Waals surface area contributed by atoms with Crippen LogP contribution in [-0.4, -0.2) is 53.8 Å². The minimum Gasteiger partial charge on any atom is -0.461 e. The van der Waals surface area contributed by atoms with E-state index in [-0.39, 0.29) is 24.6 Å². The summed E-state index contributed by atoms with van der Waals surface area (Å²) >= 11 is 1.57. The van der Waals surface area contributed by atoms with E-state index in [4.69, 9.17) is 9.47 Å². The van der Waals surface area contributed by atoms with Gasteiger partial charge in [-0.3, -0.25) is 4.79 Å². The van der Waals surface area contributed by atoms with Crippen LogP contribution in [0.15, 0.2) is 30.3 Å². The molecule has 2 fully saturated rings. The summed E-state index contributed by atoms with van der Waals surface area (Å²) < 4.78 is 10.8. The fourth-order valence-corrected chi connectivity index (χ4v) is 3.77. The van der Waals surface area contributed by atoms with Gasteiger partial charge in [-0.2, -0.15) is 0 Å². The Hall–Kier alpha value is -1.53. The molecule has 6 heteroatoms. The van der Waals surface area contributed by atoms with E-state index in [2.05, 4.69) is 0 Å². The lowest BCUT2D eigenvalue weighted by Crippen LogP contribution is -2.43. The number of rotatable bonds is 4. The first-order chi connectivity index (χ1) is 10.8. The number of carbonyl (C=O) groups excluding carboxylic acids is 2. The largest absolute Gasteiger partial charge is 0.461 e. The van der Waals surface area contributed by atoms with Gasteiger partial charge >= 0.3 is 5.97 Å². The van der Waals surface area contributed by atoms with E-state index in [1.54, 1.807) is 28.8 Å². The van der Waals surface area contributed by atoms with Crippen LogP contribution < -0.4 is 0 Å². The number of nitrogens with zero attached hydrogens (tertiary/aromatic N) is 1. The molecule has 0 saturated carbocycles. The highest BCUT2D eigenvalue weighted by Crippen LogP contribution is 2.24. The van der Waals surface area contributed by atoms with Gasteiger partial charge in [0.15, 0.2) is 0 Å². The second-order valence-corrected chi connectivity index (χ2v) is 6.42. The second-order valence-electron chi connectivity index (χ2n) is 5.42. The maximum absolute atomic E-state index is 12.5. The minimum atomic E-state index is -0.501. The third-order valence-corrected chi connectivity index (χ3v) is 4.88. The van der Waals surface area contributed by atoms with Crippen LogP contribution in [0.2, 0.25) is 0 Å². The van der Waals surface area contributed by atoms with Crippen LogP contribution in [0.3, 0.4) is 0 Å². The summed E-state index contributed by atoms with van der Waals surface area (Å²) in [5, 5.41) is 0. The summed E-state index contributed by atoms with van der Waals surface area (Å²) in [5.41, 5.74) is 0.599. The van der Waals surface area contributed by atoms with Gasteiger partial charge in [-0.25, -0.2) is 4.79 Å². The maximum atomic E-state index is 12.5. The van der Waals surface area contributed by atoms with E-state index in [1.807, 2.05) is 18.2 Å². The molecular weight excluding hydrogens is 302 g/mol. The van der Waals surface area contributed by atoms with Crippen molar-refractivity contribution in [3.05, 3.63) is 35.9 Å². The third kappa shape index (κ3) is 3.44. The van der Waals surface area contributed by atoms with E-state index in [0.29, 0.717) is 17.2 Å². The van der Waals surface area contributed by atoms with Crippen LogP contribution in [0, 0.1) is 0 Å². The van der Waals surface area contributed by atoms with Gasteiger partial charge in [0, 0.05) is 17.9 Å². The summed E-state index contributed by atoms with van der Waals surface area (Å²) in [5.74, 6) is 0.658. The highest BCUT2D eigenvalue weighted by molar-refractivity contribution is 7.99.